The van der Waals surface area contributed by atoms with E-state index in [1.165, 1.54) is 0 Å². The number of likely N-dealkylation sites (N-methyl/N-ethyl adjacent to an activating group) is 1. The maximum atomic E-state index is 11.8. The van der Waals surface area contributed by atoms with Gasteiger partial charge in [-0.15, -0.1) is 0 Å². The van der Waals surface area contributed by atoms with Crippen LogP contribution >= 0.6 is 0 Å². The van der Waals surface area contributed by atoms with Gasteiger partial charge in [0.05, 0.1) is 11.3 Å². The molecule has 0 aromatic heterocycles. The van der Waals surface area contributed by atoms with Crippen molar-refractivity contribution >= 4 is 17.5 Å². The molecule has 0 atom stereocenters. The van der Waals surface area contributed by atoms with Gasteiger partial charge in [0, 0.05) is 26.2 Å². The zero-order valence-electron chi connectivity index (χ0n) is 11.8. The van der Waals surface area contributed by atoms with E-state index in [1.807, 2.05) is 13.1 Å². The van der Waals surface area contributed by atoms with Crippen LogP contribution in [0, 0.1) is 11.3 Å². The number of carbonyl (C=O) groups excluding carboxylic acids is 2. The van der Waals surface area contributed by atoms with Crippen molar-refractivity contribution in [2.45, 2.75) is 0 Å². The van der Waals surface area contributed by atoms with E-state index in [-0.39, 0.29) is 0 Å². The molecule has 1 heterocycles. The summed E-state index contributed by atoms with van der Waals surface area (Å²) in [7, 11) is 2.00. The van der Waals surface area contributed by atoms with Gasteiger partial charge in [-0.1, -0.05) is 12.1 Å². The third-order valence-electron chi connectivity index (χ3n) is 3.26. The number of nitrogens with one attached hydrogen (secondary N) is 2. The van der Waals surface area contributed by atoms with E-state index in [4.69, 9.17) is 5.26 Å². The Hall–Kier alpha value is -2.43. The maximum Gasteiger partial charge on any atom is 0.323 e. The Morgan fingerprint density at radius 1 is 1.14 bits per heavy atom. The molecule has 0 bridgehead atoms. The van der Waals surface area contributed by atoms with Gasteiger partial charge in [-0.25, -0.2) is 5.01 Å². The smallest absolute Gasteiger partial charge is 0.317 e. The van der Waals surface area contributed by atoms with Gasteiger partial charge in [0.15, 0.2) is 0 Å². The molecule has 0 saturated carbocycles. The number of amides is 2. The first-order valence-corrected chi connectivity index (χ1v) is 6.64. The van der Waals surface area contributed by atoms with E-state index in [9.17, 15) is 9.59 Å². The van der Waals surface area contributed by atoms with Crippen LogP contribution in [0.1, 0.15) is 5.56 Å². The standard InChI is InChI=1S/C14H17N5O2/c1-18-6-8-19(9-7-18)17-14(21)13(20)16-12-5-3-2-4-11(12)10-15/h2-5H,6-9H2,1H3,(H,16,20)(H,17,21). The Morgan fingerprint density at radius 3 is 2.48 bits per heavy atom. The average molecular weight is 287 g/mol. The van der Waals surface area contributed by atoms with E-state index in [0.717, 1.165) is 13.1 Å². The number of carbonyl (C=O) groups is 2. The highest BCUT2D eigenvalue weighted by atomic mass is 16.2. The van der Waals surface area contributed by atoms with Crippen LogP contribution in [0.15, 0.2) is 24.3 Å². The molecule has 1 fully saturated rings. The molecule has 0 radical (unpaired) electrons. The van der Waals surface area contributed by atoms with E-state index in [2.05, 4.69) is 15.6 Å². The molecule has 7 nitrogen and oxygen atoms in total. The number of anilines is 1. The summed E-state index contributed by atoms with van der Waals surface area (Å²) in [5.74, 6) is -1.51. The fourth-order valence-electron chi connectivity index (χ4n) is 1.98. The zero-order chi connectivity index (χ0) is 15.2. The number of nitrogens with zero attached hydrogens (tertiary/aromatic N) is 3. The number of hydrazine groups is 1. The summed E-state index contributed by atoms with van der Waals surface area (Å²) in [6.07, 6.45) is 0. The van der Waals surface area contributed by atoms with Crippen molar-refractivity contribution in [1.29, 1.82) is 5.26 Å². The molecule has 110 valence electrons. The molecule has 0 unspecified atom stereocenters. The quantitative estimate of drug-likeness (QED) is 0.734. The summed E-state index contributed by atoms with van der Waals surface area (Å²) in [6.45, 7) is 3.01. The third-order valence-corrected chi connectivity index (χ3v) is 3.26. The first-order valence-electron chi connectivity index (χ1n) is 6.64. The van der Waals surface area contributed by atoms with Gasteiger partial charge < -0.3 is 10.2 Å². The summed E-state index contributed by atoms with van der Waals surface area (Å²) in [4.78, 5) is 25.8. The lowest BCUT2D eigenvalue weighted by Crippen LogP contribution is -2.54. The second kappa shape index (κ2) is 6.83. The minimum atomic E-state index is -0.781. The first-order chi connectivity index (χ1) is 10.1. The van der Waals surface area contributed by atoms with Gasteiger partial charge in [-0.2, -0.15) is 5.26 Å². The average Bonchev–Trinajstić information content (AvgIpc) is 2.50. The topological polar surface area (TPSA) is 88.5 Å². The Bertz CT molecular complexity index is 573. The fraction of sp³-hybridized carbons (Fsp3) is 0.357. The number of para-hydroxylation sites is 1. The monoisotopic (exact) mass is 287 g/mol. The van der Waals surface area contributed by atoms with Crippen molar-refractivity contribution in [2.24, 2.45) is 0 Å². The molecular weight excluding hydrogens is 270 g/mol. The van der Waals surface area contributed by atoms with Crippen molar-refractivity contribution in [2.75, 3.05) is 38.5 Å². The molecule has 2 N–H and O–H groups in total. The van der Waals surface area contributed by atoms with Gasteiger partial charge in [0.2, 0.25) is 0 Å². The van der Waals surface area contributed by atoms with Crippen molar-refractivity contribution in [3.63, 3.8) is 0 Å². The lowest BCUT2D eigenvalue weighted by molar-refractivity contribution is -0.139. The lowest BCUT2D eigenvalue weighted by Gasteiger charge is -2.32. The van der Waals surface area contributed by atoms with Crippen molar-refractivity contribution in [3.8, 4) is 6.07 Å². The molecule has 21 heavy (non-hydrogen) atoms. The second-order valence-electron chi connectivity index (χ2n) is 4.84. The van der Waals surface area contributed by atoms with Gasteiger partial charge in [-0.05, 0) is 19.2 Å². The highest BCUT2D eigenvalue weighted by Gasteiger charge is 2.20. The molecule has 1 aliphatic heterocycles. The molecule has 1 saturated heterocycles. The number of hydrogen-bond acceptors (Lipinski definition) is 5. The lowest BCUT2D eigenvalue weighted by atomic mass is 10.2. The van der Waals surface area contributed by atoms with Crippen LogP contribution < -0.4 is 10.7 Å². The van der Waals surface area contributed by atoms with Gasteiger partial charge in [0.25, 0.3) is 0 Å². The largest absolute Gasteiger partial charge is 0.323 e. The molecule has 0 aliphatic carbocycles. The Morgan fingerprint density at radius 2 is 1.81 bits per heavy atom. The number of hydrogen-bond donors (Lipinski definition) is 2. The highest BCUT2D eigenvalue weighted by Crippen LogP contribution is 2.13. The van der Waals surface area contributed by atoms with Crippen LogP contribution in [0.5, 0.6) is 0 Å². The summed E-state index contributed by atoms with van der Waals surface area (Å²) in [5, 5.41) is 13.1. The van der Waals surface area contributed by atoms with Gasteiger partial charge in [0.1, 0.15) is 6.07 Å². The predicted molar refractivity (Wildman–Crippen MR) is 77.0 cm³/mol. The number of piperazine rings is 1. The molecule has 1 aliphatic rings. The van der Waals surface area contributed by atoms with E-state index < -0.39 is 11.8 Å². The van der Waals surface area contributed by atoms with Crippen LogP contribution in [0.25, 0.3) is 0 Å². The van der Waals surface area contributed by atoms with Crippen LogP contribution in [0.3, 0.4) is 0 Å². The van der Waals surface area contributed by atoms with Crippen molar-refractivity contribution in [1.82, 2.24) is 15.3 Å². The maximum absolute atomic E-state index is 11.8. The van der Waals surface area contributed by atoms with Crippen molar-refractivity contribution in [3.05, 3.63) is 29.8 Å². The van der Waals surface area contributed by atoms with Crippen LogP contribution in [-0.2, 0) is 9.59 Å². The number of benzene rings is 1. The summed E-state index contributed by atoms with van der Waals surface area (Å²) >= 11 is 0. The SMILES string of the molecule is CN1CCN(NC(=O)C(=O)Nc2ccccc2C#N)CC1. The molecule has 2 rings (SSSR count). The summed E-state index contributed by atoms with van der Waals surface area (Å²) in [6, 6.07) is 8.51. The molecule has 2 amide bonds. The Kier molecular flexibility index (Phi) is 4.87. The molecule has 0 spiro atoms. The highest BCUT2D eigenvalue weighted by molar-refractivity contribution is 6.39. The summed E-state index contributed by atoms with van der Waals surface area (Å²) < 4.78 is 0. The van der Waals surface area contributed by atoms with E-state index >= 15 is 0 Å². The van der Waals surface area contributed by atoms with Crippen LogP contribution in [-0.4, -0.2) is 54.9 Å². The van der Waals surface area contributed by atoms with Gasteiger partial charge >= 0.3 is 11.8 Å². The Balaban J connectivity index is 1.91. The third kappa shape index (κ3) is 4.02. The van der Waals surface area contributed by atoms with Crippen LogP contribution in [0.2, 0.25) is 0 Å². The fourth-order valence-corrected chi connectivity index (χ4v) is 1.98. The van der Waals surface area contributed by atoms with Crippen LogP contribution in [0.4, 0.5) is 5.69 Å². The predicted octanol–water partition coefficient (Wildman–Crippen LogP) is -0.225. The molecule has 1 aromatic rings. The Labute approximate surface area is 123 Å². The molecule has 7 heteroatoms. The number of rotatable bonds is 2. The normalized spacial score (nSPS) is 16.0. The minimum Gasteiger partial charge on any atom is -0.317 e. The van der Waals surface area contributed by atoms with E-state index in [1.54, 1.807) is 29.3 Å². The van der Waals surface area contributed by atoms with Crippen molar-refractivity contribution < 1.29 is 9.59 Å². The minimum absolute atomic E-state index is 0.318. The molecule has 1 aromatic carbocycles. The second-order valence-corrected chi connectivity index (χ2v) is 4.84. The first kappa shape index (κ1) is 15.0. The van der Waals surface area contributed by atoms with E-state index in [0.29, 0.717) is 24.3 Å². The molecular formula is C14H17N5O2. The zero-order valence-corrected chi connectivity index (χ0v) is 11.8. The van der Waals surface area contributed by atoms with Gasteiger partial charge in [-0.3, -0.25) is 15.0 Å². The summed E-state index contributed by atoms with van der Waals surface area (Å²) in [5.41, 5.74) is 3.22. The number of nitriles is 1.